The first-order chi connectivity index (χ1) is 16.7. The van der Waals surface area contributed by atoms with Crippen LogP contribution in [0.1, 0.15) is 12.5 Å². The number of likely N-dealkylation sites (N-methyl/N-ethyl adjacent to an activating group) is 2. The summed E-state index contributed by atoms with van der Waals surface area (Å²) in [4.78, 5) is 19.6. The Morgan fingerprint density at radius 2 is 2.00 bits per heavy atom. The SMILES string of the molecule is C=C/C=C(\C(=C/NC)C(=O)Nc1cc(C2=CCN(C)C2)c(F)cc1N1CCN(C)C(C)C1)C(F)F. The Labute approximate surface area is 205 Å². The first-order valence-corrected chi connectivity index (χ1v) is 11.6. The molecule has 190 valence electrons. The van der Waals surface area contributed by atoms with Gasteiger partial charge in [0.2, 0.25) is 0 Å². The number of anilines is 2. The van der Waals surface area contributed by atoms with Crippen LogP contribution < -0.4 is 15.5 Å². The minimum Gasteiger partial charge on any atom is -0.393 e. The molecule has 3 rings (SSSR count). The summed E-state index contributed by atoms with van der Waals surface area (Å²) in [5, 5.41) is 5.46. The lowest BCUT2D eigenvalue weighted by molar-refractivity contribution is -0.112. The van der Waals surface area contributed by atoms with Crippen LogP contribution in [0.2, 0.25) is 0 Å². The molecule has 1 saturated heterocycles. The van der Waals surface area contributed by atoms with E-state index < -0.39 is 17.9 Å². The molecule has 6 nitrogen and oxygen atoms in total. The summed E-state index contributed by atoms with van der Waals surface area (Å²) in [6.45, 7) is 8.90. The van der Waals surface area contributed by atoms with Gasteiger partial charge in [-0.3, -0.25) is 9.69 Å². The molecule has 1 amide bonds. The number of halogens is 3. The van der Waals surface area contributed by atoms with Crippen LogP contribution in [0.15, 0.2) is 54.3 Å². The van der Waals surface area contributed by atoms with Gasteiger partial charge in [0, 0.05) is 63.1 Å². The zero-order chi connectivity index (χ0) is 25.7. The number of hydrogen-bond acceptors (Lipinski definition) is 5. The Morgan fingerprint density at radius 3 is 2.57 bits per heavy atom. The zero-order valence-corrected chi connectivity index (χ0v) is 20.7. The smallest absolute Gasteiger partial charge is 0.264 e. The summed E-state index contributed by atoms with van der Waals surface area (Å²) < 4.78 is 42.8. The lowest BCUT2D eigenvalue weighted by Gasteiger charge is -2.39. The number of amides is 1. The Balaban J connectivity index is 2.05. The van der Waals surface area contributed by atoms with Gasteiger partial charge in [-0.15, -0.1) is 0 Å². The molecular weight excluding hydrogens is 455 g/mol. The van der Waals surface area contributed by atoms with Crippen molar-refractivity contribution in [3.8, 4) is 0 Å². The normalized spacial score (nSPS) is 20.3. The van der Waals surface area contributed by atoms with E-state index in [0.717, 1.165) is 18.2 Å². The third-order valence-electron chi connectivity index (χ3n) is 6.45. The van der Waals surface area contributed by atoms with Crippen LogP contribution >= 0.6 is 0 Å². The quantitative estimate of drug-likeness (QED) is 0.431. The predicted octanol–water partition coefficient (Wildman–Crippen LogP) is 3.71. The monoisotopic (exact) mass is 489 g/mol. The maximum Gasteiger partial charge on any atom is 0.264 e. The van der Waals surface area contributed by atoms with Crippen molar-refractivity contribution >= 4 is 22.9 Å². The molecule has 0 aliphatic carbocycles. The van der Waals surface area contributed by atoms with Gasteiger partial charge in [-0.1, -0.05) is 24.8 Å². The van der Waals surface area contributed by atoms with E-state index in [4.69, 9.17) is 0 Å². The van der Waals surface area contributed by atoms with Crippen LogP contribution in [-0.2, 0) is 4.79 Å². The number of alkyl halides is 2. The van der Waals surface area contributed by atoms with E-state index >= 15 is 4.39 Å². The molecule has 35 heavy (non-hydrogen) atoms. The van der Waals surface area contributed by atoms with Gasteiger partial charge in [-0.05, 0) is 38.7 Å². The van der Waals surface area contributed by atoms with Gasteiger partial charge in [0.1, 0.15) is 5.82 Å². The Hall–Kier alpha value is -3.04. The average molecular weight is 490 g/mol. The lowest BCUT2D eigenvalue weighted by Crippen LogP contribution is -2.50. The van der Waals surface area contributed by atoms with Crippen molar-refractivity contribution in [3.63, 3.8) is 0 Å². The largest absolute Gasteiger partial charge is 0.393 e. The second-order valence-corrected chi connectivity index (χ2v) is 9.01. The highest BCUT2D eigenvalue weighted by molar-refractivity contribution is 6.08. The van der Waals surface area contributed by atoms with Crippen molar-refractivity contribution in [2.45, 2.75) is 19.4 Å². The second kappa shape index (κ2) is 11.6. The molecule has 9 heteroatoms. The van der Waals surface area contributed by atoms with Crippen molar-refractivity contribution in [1.82, 2.24) is 15.1 Å². The number of hydrogen-bond donors (Lipinski definition) is 2. The topological polar surface area (TPSA) is 50.9 Å². The molecule has 1 aromatic rings. The van der Waals surface area contributed by atoms with Crippen LogP contribution in [0.25, 0.3) is 5.57 Å². The van der Waals surface area contributed by atoms with Crippen molar-refractivity contribution in [2.24, 2.45) is 0 Å². The molecule has 0 spiro atoms. The molecule has 0 bridgehead atoms. The second-order valence-electron chi connectivity index (χ2n) is 9.01. The fourth-order valence-corrected chi connectivity index (χ4v) is 4.34. The van der Waals surface area contributed by atoms with E-state index in [1.807, 2.05) is 30.0 Å². The molecule has 1 unspecified atom stereocenters. The van der Waals surface area contributed by atoms with Gasteiger partial charge in [0.15, 0.2) is 0 Å². The standard InChI is InChI=1S/C26H34F3N5O/c1-6-7-19(25(28)29)21(14-30-3)26(35)31-23-12-20(18-8-9-32(4)16-18)22(27)13-24(23)34-11-10-33(5)17(2)15-34/h6-8,12-14,17,25,30H,1,9-11,15-16H2,2-5H3,(H,31,35)/b19-7+,21-14+. The number of allylic oxidation sites excluding steroid dienone is 2. The Morgan fingerprint density at radius 1 is 1.26 bits per heavy atom. The summed E-state index contributed by atoms with van der Waals surface area (Å²) in [6, 6.07) is 3.28. The van der Waals surface area contributed by atoms with E-state index in [0.29, 0.717) is 43.1 Å². The molecular formula is C26H34F3N5O. The van der Waals surface area contributed by atoms with Crippen LogP contribution in [0.3, 0.4) is 0 Å². The highest BCUT2D eigenvalue weighted by Crippen LogP contribution is 2.35. The fraction of sp³-hybridized carbons (Fsp3) is 0.423. The molecule has 1 fully saturated rings. The van der Waals surface area contributed by atoms with E-state index in [9.17, 15) is 13.6 Å². The number of benzene rings is 1. The average Bonchev–Trinajstić information content (AvgIpc) is 3.24. The van der Waals surface area contributed by atoms with Gasteiger partial charge in [-0.2, -0.15) is 0 Å². The van der Waals surface area contributed by atoms with Gasteiger partial charge >= 0.3 is 0 Å². The van der Waals surface area contributed by atoms with Gasteiger partial charge < -0.3 is 20.4 Å². The highest BCUT2D eigenvalue weighted by Gasteiger charge is 2.27. The van der Waals surface area contributed by atoms with E-state index in [1.165, 1.54) is 25.4 Å². The summed E-state index contributed by atoms with van der Waals surface area (Å²) >= 11 is 0. The van der Waals surface area contributed by atoms with E-state index in [1.54, 1.807) is 6.07 Å². The minimum atomic E-state index is -2.88. The van der Waals surface area contributed by atoms with Crippen LogP contribution in [0, 0.1) is 5.82 Å². The van der Waals surface area contributed by atoms with Crippen LogP contribution in [0.4, 0.5) is 24.5 Å². The molecule has 1 aromatic carbocycles. The highest BCUT2D eigenvalue weighted by atomic mass is 19.3. The van der Waals surface area contributed by atoms with Crippen molar-refractivity contribution in [2.75, 3.05) is 64.1 Å². The molecule has 0 radical (unpaired) electrons. The number of nitrogens with one attached hydrogen (secondary N) is 2. The zero-order valence-electron chi connectivity index (χ0n) is 20.7. The summed E-state index contributed by atoms with van der Waals surface area (Å²) in [7, 11) is 5.50. The molecule has 2 N–H and O–H groups in total. The Bertz CT molecular complexity index is 1050. The van der Waals surface area contributed by atoms with Gasteiger partial charge in [0.05, 0.1) is 16.9 Å². The van der Waals surface area contributed by atoms with Crippen LogP contribution in [0.5, 0.6) is 0 Å². The van der Waals surface area contributed by atoms with Gasteiger partial charge in [-0.25, -0.2) is 13.2 Å². The number of carbonyl (C=O) groups excluding carboxylic acids is 1. The molecule has 1 atom stereocenters. The van der Waals surface area contributed by atoms with Crippen LogP contribution in [-0.4, -0.2) is 82.0 Å². The van der Waals surface area contributed by atoms with Crippen molar-refractivity contribution in [3.05, 3.63) is 65.7 Å². The third kappa shape index (κ3) is 6.15. The lowest BCUT2D eigenvalue weighted by atomic mass is 10.0. The summed E-state index contributed by atoms with van der Waals surface area (Å²) in [5.74, 6) is -1.09. The maximum atomic E-state index is 15.3. The number of carbonyl (C=O) groups is 1. The number of nitrogens with zero attached hydrogens (tertiary/aromatic N) is 3. The molecule has 0 saturated carbocycles. The summed E-state index contributed by atoms with van der Waals surface area (Å²) in [5.41, 5.74) is 1.46. The maximum absolute atomic E-state index is 15.3. The van der Waals surface area contributed by atoms with E-state index in [-0.39, 0.29) is 17.4 Å². The molecule has 2 aliphatic heterocycles. The minimum absolute atomic E-state index is 0.217. The molecule has 2 aliphatic rings. The van der Waals surface area contributed by atoms with Crippen molar-refractivity contribution < 1.29 is 18.0 Å². The van der Waals surface area contributed by atoms with Crippen molar-refractivity contribution in [1.29, 1.82) is 0 Å². The third-order valence-corrected chi connectivity index (χ3v) is 6.45. The van der Waals surface area contributed by atoms with E-state index in [2.05, 4.69) is 29.0 Å². The Kier molecular flexibility index (Phi) is 8.80. The number of piperazine rings is 1. The predicted molar refractivity (Wildman–Crippen MR) is 136 cm³/mol. The fourth-order valence-electron chi connectivity index (χ4n) is 4.34. The summed E-state index contributed by atoms with van der Waals surface area (Å²) in [6.07, 6.45) is 2.64. The first-order valence-electron chi connectivity index (χ1n) is 11.6. The first kappa shape index (κ1) is 26.6. The molecule has 2 heterocycles. The number of rotatable bonds is 8. The molecule has 0 aromatic heterocycles. The van der Waals surface area contributed by atoms with Gasteiger partial charge in [0.25, 0.3) is 12.3 Å².